The van der Waals surface area contributed by atoms with Gasteiger partial charge in [-0.3, -0.25) is 4.40 Å². The van der Waals surface area contributed by atoms with Crippen molar-refractivity contribution in [1.29, 1.82) is 0 Å². The third kappa shape index (κ3) is 4.69. The van der Waals surface area contributed by atoms with Crippen LogP contribution in [-0.4, -0.2) is 50.1 Å². The molecule has 176 valence electrons. The number of hydrogen-bond donors (Lipinski definition) is 1. The molecule has 3 heterocycles. The second kappa shape index (κ2) is 10.0. The van der Waals surface area contributed by atoms with E-state index in [2.05, 4.69) is 19.9 Å². The zero-order valence-corrected chi connectivity index (χ0v) is 19.4. The second-order valence-electron chi connectivity index (χ2n) is 7.74. The Morgan fingerprint density at radius 3 is 2.33 bits per heavy atom. The first kappa shape index (κ1) is 22.8. The molecule has 0 fully saturated rings. The summed E-state index contributed by atoms with van der Waals surface area (Å²) in [5.74, 6) is 1.74. The first-order valence-electron chi connectivity index (χ1n) is 11.5. The van der Waals surface area contributed by atoms with Crippen LogP contribution in [0, 0.1) is 0 Å². The van der Waals surface area contributed by atoms with E-state index in [1.165, 1.54) is 0 Å². The number of nitrogens with two attached hydrogens (primary N) is 1. The van der Waals surface area contributed by atoms with Gasteiger partial charge in [-0.05, 0) is 59.3 Å². The van der Waals surface area contributed by atoms with Gasteiger partial charge >= 0.3 is 5.97 Å². The van der Waals surface area contributed by atoms with E-state index in [1.54, 1.807) is 13.1 Å². The summed E-state index contributed by atoms with van der Waals surface area (Å²) in [6, 6.07) is 0. The lowest BCUT2D eigenvalue weighted by molar-refractivity contribution is 0.0520. The van der Waals surface area contributed by atoms with Gasteiger partial charge in [0.1, 0.15) is 0 Å². The molecule has 3 aromatic heterocycles. The predicted octanol–water partition coefficient (Wildman–Crippen LogP) is 2.74. The van der Waals surface area contributed by atoms with E-state index in [1.807, 2.05) is 18.2 Å². The van der Waals surface area contributed by atoms with E-state index < -0.39 is 5.97 Å². The zero-order chi connectivity index (χ0) is 23.4. The van der Waals surface area contributed by atoms with Crippen molar-refractivity contribution in [3.63, 3.8) is 0 Å². The number of esters is 1. The Balaban J connectivity index is 0.000000172. The van der Waals surface area contributed by atoms with Gasteiger partial charge in [0.25, 0.3) is 0 Å². The van der Waals surface area contributed by atoms with Gasteiger partial charge < -0.3 is 19.9 Å². The molecule has 0 spiro atoms. The van der Waals surface area contributed by atoms with Crippen LogP contribution in [0.3, 0.4) is 0 Å². The molecule has 2 aliphatic carbocycles. The van der Waals surface area contributed by atoms with Crippen molar-refractivity contribution >= 4 is 17.7 Å². The van der Waals surface area contributed by atoms with Crippen molar-refractivity contribution in [3.05, 3.63) is 34.4 Å². The van der Waals surface area contributed by atoms with E-state index in [4.69, 9.17) is 19.9 Å². The minimum atomic E-state index is -0.414. The first-order valence-corrected chi connectivity index (χ1v) is 11.5. The summed E-state index contributed by atoms with van der Waals surface area (Å²) in [5, 5.41) is 0. The van der Waals surface area contributed by atoms with Gasteiger partial charge in [-0.15, -0.1) is 0 Å². The number of rotatable bonds is 6. The monoisotopic (exact) mass is 454 g/mol. The normalized spacial score (nSPS) is 13.8. The summed E-state index contributed by atoms with van der Waals surface area (Å²) in [6.07, 6.45) is 7.84. The highest BCUT2D eigenvalue weighted by Crippen LogP contribution is 2.30. The Bertz CT molecular complexity index is 1160. The van der Waals surface area contributed by atoms with Gasteiger partial charge in [-0.1, -0.05) is 0 Å². The minimum Gasteiger partial charge on any atom is -0.478 e. The topological polar surface area (TPSA) is 127 Å². The summed E-state index contributed by atoms with van der Waals surface area (Å²) in [6.45, 7) is 7.19. The third-order valence-corrected chi connectivity index (χ3v) is 5.59. The molecule has 0 unspecified atom stereocenters. The Labute approximate surface area is 192 Å². The highest BCUT2D eigenvalue weighted by molar-refractivity contribution is 5.87. The zero-order valence-electron chi connectivity index (χ0n) is 19.4. The van der Waals surface area contributed by atoms with Crippen molar-refractivity contribution in [2.45, 2.75) is 59.3 Å². The fraction of sp³-hybridized carbons (Fsp3) is 0.522. The van der Waals surface area contributed by atoms with Gasteiger partial charge in [-0.25, -0.2) is 14.8 Å². The first-order chi connectivity index (χ1) is 16.0. The summed E-state index contributed by atoms with van der Waals surface area (Å²) in [5.41, 5.74) is 10.3. The maximum absolute atomic E-state index is 11.8. The van der Waals surface area contributed by atoms with Gasteiger partial charge in [0, 0.05) is 23.0 Å². The number of anilines is 1. The predicted molar refractivity (Wildman–Crippen MR) is 122 cm³/mol. The lowest BCUT2D eigenvalue weighted by Gasteiger charge is -2.09. The van der Waals surface area contributed by atoms with E-state index in [0.717, 1.165) is 61.0 Å². The number of aryl methyl sites for hydroxylation is 2. The van der Waals surface area contributed by atoms with Crippen LogP contribution in [0.4, 0.5) is 5.95 Å². The molecular formula is C23H30N6O4. The fourth-order valence-corrected chi connectivity index (χ4v) is 4.26. The van der Waals surface area contributed by atoms with Crippen molar-refractivity contribution in [2.75, 3.05) is 25.6 Å². The smallest absolute Gasteiger partial charge is 0.358 e. The number of ether oxygens (including phenoxy) is 3. The van der Waals surface area contributed by atoms with Gasteiger partial charge in [0.2, 0.25) is 23.5 Å². The average molecular weight is 455 g/mol. The molecule has 0 atom stereocenters. The Morgan fingerprint density at radius 2 is 1.61 bits per heavy atom. The molecule has 0 aliphatic heterocycles. The number of carbonyl (C=O) groups is 1. The summed E-state index contributed by atoms with van der Waals surface area (Å²) >= 11 is 0. The molecule has 0 amide bonds. The molecule has 0 saturated carbocycles. The van der Waals surface area contributed by atoms with Crippen molar-refractivity contribution in [1.82, 2.24) is 24.3 Å². The number of imidazole rings is 1. The third-order valence-electron chi connectivity index (χ3n) is 5.59. The van der Waals surface area contributed by atoms with Crippen LogP contribution in [0.25, 0.3) is 5.78 Å². The maximum atomic E-state index is 11.8. The van der Waals surface area contributed by atoms with Gasteiger partial charge in [0.15, 0.2) is 5.69 Å². The van der Waals surface area contributed by atoms with Crippen LogP contribution >= 0.6 is 0 Å². The molecule has 5 rings (SSSR count). The number of carbonyl (C=O) groups excluding carboxylic acids is 1. The largest absolute Gasteiger partial charge is 0.478 e. The highest BCUT2D eigenvalue weighted by atomic mass is 16.5. The van der Waals surface area contributed by atoms with E-state index in [0.29, 0.717) is 49.0 Å². The number of fused-ring (bicyclic) bond motifs is 4. The quantitative estimate of drug-likeness (QED) is 0.559. The number of hydrogen-bond acceptors (Lipinski definition) is 9. The highest BCUT2D eigenvalue weighted by Gasteiger charge is 2.23. The van der Waals surface area contributed by atoms with Crippen LogP contribution in [0.1, 0.15) is 66.6 Å². The molecule has 0 bridgehead atoms. The molecular weight excluding hydrogens is 424 g/mol. The van der Waals surface area contributed by atoms with Gasteiger partial charge in [0.05, 0.1) is 25.5 Å². The second-order valence-corrected chi connectivity index (χ2v) is 7.74. The van der Waals surface area contributed by atoms with E-state index in [9.17, 15) is 4.79 Å². The minimum absolute atomic E-state index is 0.294. The van der Waals surface area contributed by atoms with Crippen LogP contribution in [0.5, 0.6) is 11.8 Å². The Hall–Kier alpha value is -3.43. The SMILES string of the molecule is CCOC(=O)c1cn2c3c(c(OCC)nc2n1)CCC3.CCOc1nc(N)nc2c1CCC2. The number of aromatic nitrogens is 5. The standard InChI is InChI=1S/C14H17N3O3.C9H13N3O/c1-3-19-12-9-6-5-7-11(9)17-8-10(13(18)20-4-2)15-14(17)16-12;1-2-13-8-6-4-3-5-7(6)11-9(10)12-8/h8H,3-7H2,1-2H3;2-5H2,1H3,(H2,10,11,12). The molecule has 10 heteroatoms. The van der Waals surface area contributed by atoms with Crippen molar-refractivity contribution in [3.8, 4) is 11.8 Å². The van der Waals surface area contributed by atoms with Crippen LogP contribution < -0.4 is 15.2 Å². The maximum Gasteiger partial charge on any atom is 0.358 e. The summed E-state index contributed by atoms with van der Waals surface area (Å²) < 4.78 is 17.9. The number of nitrogens with zero attached hydrogens (tertiary/aromatic N) is 5. The fourth-order valence-electron chi connectivity index (χ4n) is 4.26. The average Bonchev–Trinajstić information content (AvgIpc) is 3.53. The molecule has 33 heavy (non-hydrogen) atoms. The molecule has 3 aromatic rings. The lowest BCUT2D eigenvalue weighted by Crippen LogP contribution is -2.05. The van der Waals surface area contributed by atoms with E-state index in [-0.39, 0.29) is 0 Å². The number of nitrogen functional groups attached to an aromatic ring is 1. The van der Waals surface area contributed by atoms with Crippen molar-refractivity contribution < 1.29 is 19.0 Å². The van der Waals surface area contributed by atoms with Crippen molar-refractivity contribution in [2.24, 2.45) is 0 Å². The molecule has 10 nitrogen and oxygen atoms in total. The molecule has 2 N–H and O–H groups in total. The Morgan fingerprint density at radius 1 is 0.909 bits per heavy atom. The molecule has 0 aromatic carbocycles. The van der Waals surface area contributed by atoms with Gasteiger partial charge in [-0.2, -0.15) is 9.97 Å². The summed E-state index contributed by atoms with van der Waals surface area (Å²) in [4.78, 5) is 28.7. The molecule has 0 saturated heterocycles. The lowest BCUT2D eigenvalue weighted by atomic mass is 10.2. The van der Waals surface area contributed by atoms with Crippen LogP contribution in [0.2, 0.25) is 0 Å². The Kier molecular flexibility index (Phi) is 6.90. The summed E-state index contributed by atoms with van der Waals surface area (Å²) in [7, 11) is 0. The van der Waals surface area contributed by atoms with Crippen LogP contribution in [0.15, 0.2) is 6.20 Å². The van der Waals surface area contributed by atoms with E-state index >= 15 is 0 Å². The molecule has 2 aliphatic rings. The van der Waals surface area contributed by atoms with Crippen LogP contribution in [-0.2, 0) is 30.4 Å². The molecule has 0 radical (unpaired) electrons.